The third-order valence-electron chi connectivity index (χ3n) is 5.27. The topological polar surface area (TPSA) is 60.9 Å². The van der Waals surface area contributed by atoms with E-state index in [4.69, 9.17) is 5.11 Å². The summed E-state index contributed by atoms with van der Waals surface area (Å²) in [5, 5.41) is 11.3. The number of rotatable bonds is 6. The number of likely N-dealkylation sites (tertiary alicyclic amines) is 1. The summed E-state index contributed by atoms with van der Waals surface area (Å²) in [5.41, 5.74) is 1.19. The van der Waals surface area contributed by atoms with Crippen molar-refractivity contribution in [1.29, 1.82) is 0 Å². The summed E-state index contributed by atoms with van der Waals surface area (Å²) in [5.74, 6) is -0.612. The van der Waals surface area contributed by atoms with Crippen LogP contribution in [0.15, 0.2) is 42.5 Å². The Labute approximate surface area is 154 Å². The van der Waals surface area contributed by atoms with Crippen LogP contribution in [0.3, 0.4) is 0 Å². The van der Waals surface area contributed by atoms with Crippen LogP contribution in [0.5, 0.6) is 0 Å². The van der Waals surface area contributed by atoms with Gasteiger partial charge in [0.15, 0.2) is 0 Å². The van der Waals surface area contributed by atoms with Crippen molar-refractivity contribution < 1.29 is 14.7 Å². The number of carbonyl (C=O) groups excluding carboxylic acids is 1. The van der Waals surface area contributed by atoms with E-state index in [2.05, 4.69) is 30.3 Å². The van der Waals surface area contributed by atoms with E-state index in [1.807, 2.05) is 29.0 Å². The molecule has 138 valence electrons. The number of piperidine rings is 1. The van der Waals surface area contributed by atoms with E-state index in [0.717, 1.165) is 19.3 Å². The zero-order chi connectivity index (χ0) is 18.5. The van der Waals surface area contributed by atoms with E-state index in [1.165, 1.54) is 16.3 Å². The Kier molecular flexibility index (Phi) is 5.89. The third kappa shape index (κ3) is 4.61. The Hall–Kier alpha value is -2.40. The first-order valence-corrected chi connectivity index (χ1v) is 9.20. The predicted molar refractivity (Wildman–Crippen MR) is 102 cm³/mol. The van der Waals surface area contributed by atoms with Gasteiger partial charge < -0.3 is 10.0 Å². The van der Waals surface area contributed by atoms with Gasteiger partial charge in [-0.15, -0.1) is 0 Å². The molecular formula is C21H26N2O3. The van der Waals surface area contributed by atoms with Gasteiger partial charge in [-0.25, -0.2) is 0 Å². The summed E-state index contributed by atoms with van der Waals surface area (Å²) < 4.78 is 0. The van der Waals surface area contributed by atoms with Gasteiger partial charge in [0.1, 0.15) is 0 Å². The van der Waals surface area contributed by atoms with Crippen molar-refractivity contribution in [2.45, 2.75) is 31.7 Å². The Morgan fingerprint density at radius 1 is 1.12 bits per heavy atom. The van der Waals surface area contributed by atoms with Crippen LogP contribution in [0.25, 0.3) is 10.8 Å². The minimum absolute atomic E-state index is 0.0561. The van der Waals surface area contributed by atoms with Gasteiger partial charge in [-0.1, -0.05) is 42.5 Å². The second-order valence-electron chi connectivity index (χ2n) is 7.10. The lowest BCUT2D eigenvalue weighted by molar-refractivity contribution is -0.139. The average molecular weight is 354 g/mol. The molecule has 5 heteroatoms. The molecule has 1 aliphatic rings. The average Bonchev–Trinajstić information content (AvgIpc) is 2.65. The molecule has 3 rings (SSSR count). The lowest BCUT2D eigenvalue weighted by atomic mass is 10.0. The first-order valence-electron chi connectivity index (χ1n) is 9.20. The van der Waals surface area contributed by atoms with Crippen LogP contribution in [-0.2, 0) is 16.0 Å². The Morgan fingerprint density at radius 2 is 1.81 bits per heavy atom. The normalized spacial score (nSPS) is 15.5. The zero-order valence-corrected chi connectivity index (χ0v) is 15.2. The van der Waals surface area contributed by atoms with Gasteiger partial charge in [-0.2, -0.15) is 0 Å². The molecule has 0 aliphatic carbocycles. The van der Waals surface area contributed by atoms with Gasteiger partial charge in [-0.3, -0.25) is 14.5 Å². The fourth-order valence-electron chi connectivity index (χ4n) is 3.70. The van der Waals surface area contributed by atoms with Gasteiger partial charge >= 0.3 is 5.97 Å². The molecule has 0 atom stereocenters. The van der Waals surface area contributed by atoms with Crippen LogP contribution >= 0.6 is 0 Å². The maximum absolute atomic E-state index is 12.5. The summed E-state index contributed by atoms with van der Waals surface area (Å²) >= 11 is 0. The zero-order valence-electron chi connectivity index (χ0n) is 15.2. The monoisotopic (exact) mass is 354 g/mol. The number of fused-ring (bicyclic) bond motifs is 1. The highest BCUT2D eigenvalue weighted by Gasteiger charge is 2.25. The molecule has 1 amide bonds. The Morgan fingerprint density at radius 3 is 2.50 bits per heavy atom. The van der Waals surface area contributed by atoms with Crippen molar-refractivity contribution in [2.75, 3.05) is 26.7 Å². The van der Waals surface area contributed by atoms with E-state index >= 15 is 0 Å². The van der Waals surface area contributed by atoms with Crippen LogP contribution < -0.4 is 0 Å². The molecule has 0 spiro atoms. The maximum Gasteiger partial charge on any atom is 0.317 e. The van der Waals surface area contributed by atoms with Crippen LogP contribution in [0.2, 0.25) is 0 Å². The molecule has 0 unspecified atom stereocenters. The fraction of sp³-hybridized carbons (Fsp3) is 0.429. The van der Waals surface area contributed by atoms with Gasteiger partial charge in [0, 0.05) is 25.6 Å². The maximum atomic E-state index is 12.5. The molecule has 1 N–H and O–H groups in total. The van der Waals surface area contributed by atoms with Crippen LogP contribution in [0.4, 0.5) is 0 Å². The molecule has 1 saturated heterocycles. The molecule has 2 aromatic carbocycles. The van der Waals surface area contributed by atoms with E-state index in [1.54, 1.807) is 0 Å². The minimum Gasteiger partial charge on any atom is -0.480 e. The standard InChI is InChI=1S/C21H26N2O3/c1-22(15-21(25)26)19-10-12-23(13-11-19)20(24)9-7-16-6-8-17-4-2-3-5-18(17)14-16/h2-6,8,14,19H,7,9-13,15H2,1H3,(H,25,26). The van der Waals surface area contributed by atoms with E-state index in [-0.39, 0.29) is 18.5 Å². The number of amides is 1. The van der Waals surface area contributed by atoms with E-state index in [0.29, 0.717) is 19.5 Å². The van der Waals surface area contributed by atoms with Crippen molar-refractivity contribution in [3.8, 4) is 0 Å². The van der Waals surface area contributed by atoms with E-state index < -0.39 is 5.97 Å². The van der Waals surface area contributed by atoms with Crippen molar-refractivity contribution in [1.82, 2.24) is 9.80 Å². The highest BCUT2D eigenvalue weighted by Crippen LogP contribution is 2.19. The minimum atomic E-state index is -0.804. The number of carboxylic acids is 1. The molecule has 26 heavy (non-hydrogen) atoms. The molecule has 2 aromatic rings. The number of benzene rings is 2. The molecule has 5 nitrogen and oxygen atoms in total. The summed E-state index contributed by atoms with van der Waals surface area (Å²) in [6.45, 7) is 1.48. The summed E-state index contributed by atoms with van der Waals surface area (Å²) in [4.78, 5) is 27.1. The summed E-state index contributed by atoms with van der Waals surface area (Å²) in [6.07, 6.45) is 2.95. The quantitative estimate of drug-likeness (QED) is 0.867. The lowest BCUT2D eigenvalue weighted by Crippen LogP contribution is -2.46. The second-order valence-corrected chi connectivity index (χ2v) is 7.10. The smallest absolute Gasteiger partial charge is 0.317 e. The molecule has 1 aliphatic heterocycles. The second kappa shape index (κ2) is 8.32. The highest BCUT2D eigenvalue weighted by molar-refractivity contribution is 5.83. The van der Waals surface area contributed by atoms with Crippen molar-refractivity contribution in [3.63, 3.8) is 0 Å². The van der Waals surface area contributed by atoms with Gasteiger partial charge in [0.2, 0.25) is 5.91 Å². The number of likely N-dealkylation sites (N-methyl/N-ethyl adjacent to an activating group) is 1. The number of hydrogen-bond donors (Lipinski definition) is 1. The van der Waals surface area contributed by atoms with Crippen LogP contribution in [0.1, 0.15) is 24.8 Å². The molecule has 1 heterocycles. The first-order chi connectivity index (χ1) is 12.5. The predicted octanol–water partition coefficient (Wildman–Crippen LogP) is 2.78. The lowest BCUT2D eigenvalue weighted by Gasteiger charge is -2.36. The Bertz CT molecular complexity index is 782. The number of hydrogen-bond acceptors (Lipinski definition) is 3. The largest absolute Gasteiger partial charge is 0.480 e. The molecule has 0 saturated carbocycles. The summed E-state index contributed by atoms with van der Waals surface area (Å²) in [7, 11) is 1.84. The molecule has 0 aromatic heterocycles. The Balaban J connectivity index is 1.48. The van der Waals surface area contributed by atoms with Gasteiger partial charge in [0.25, 0.3) is 0 Å². The van der Waals surface area contributed by atoms with Crippen molar-refractivity contribution in [2.24, 2.45) is 0 Å². The summed E-state index contributed by atoms with van der Waals surface area (Å²) in [6, 6.07) is 14.9. The molecular weight excluding hydrogens is 328 g/mol. The third-order valence-corrected chi connectivity index (χ3v) is 5.27. The number of aliphatic carboxylic acids is 1. The van der Waals surface area contributed by atoms with Gasteiger partial charge in [0.05, 0.1) is 6.54 Å². The van der Waals surface area contributed by atoms with Crippen molar-refractivity contribution >= 4 is 22.6 Å². The SMILES string of the molecule is CN(CC(=O)O)C1CCN(C(=O)CCc2ccc3ccccc3c2)CC1. The fourth-order valence-corrected chi connectivity index (χ4v) is 3.70. The molecule has 0 radical (unpaired) electrons. The van der Waals surface area contributed by atoms with E-state index in [9.17, 15) is 9.59 Å². The van der Waals surface area contributed by atoms with Crippen molar-refractivity contribution in [3.05, 3.63) is 48.0 Å². The molecule has 1 fully saturated rings. The van der Waals surface area contributed by atoms with Crippen LogP contribution in [0, 0.1) is 0 Å². The number of aryl methyl sites for hydroxylation is 1. The van der Waals surface area contributed by atoms with Crippen LogP contribution in [-0.4, -0.2) is 59.5 Å². The number of nitrogens with zero attached hydrogens (tertiary/aromatic N) is 2. The first kappa shape index (κ1) is 18.4. The number of carbonyl (C=O) groups is 2. The molecule has 0 bridgehead atoms. The van der Waals surface area contributed by atoms with Gasteiger partial charge in [-0.05, 0) is 42.6 Å². The highest BCUT2D eigenvalue weighted by atomic mass is 16.4. The number of carboxylic acid groups (broad SMARTS) is 1.